The number of rotatable bonds is 1. The Kier molecular flexibility index (Phi) is 4.20. The number of benzene rings is 6. The second-order valence-corrected chi connectivity index (χ2v) is 14.2. The van der Waals surface area contributed by atoms with Crippen LogP contribution < -0.4 is 9.25 Å². The molecular weight excluding hydrogens is 611 g/mol. The lowest BCUT2D eigenvalue weighted by molar-refractivity contribution is -0.989. The number of pyridine rings is 1. The quantitative estimate of drug-likeness (QED) is 0.160. The summed E-state index contributed by atoms with van der Waals surface area (Å²) in [5.41, 5.74) is 15.8. The van der Waals surface area contributed by atoms with Crippen LogP contribution >= 0.6 is 0 Å². The lowest BCUT2D eigenvalue weighted by Crippen LogP contribution is -2.77. The third kappa shape index (κ3) is 2.49. The van der Waals surface area contributed by atoms with E-state index in [1.165, 1.54) is 105 Å². The van der Waals surface area contributed by atoms with Crippen LogP contribution in [0.1, 0.15) is 22.5 Å². The molecule has 232 valence electrons. The van der Waals surface area contributed by atoms with Gasteiger partial charge in [-0.1, -0.05) is 83.5 Å². The molecule has 1 spiro atoms. The smallest absolute Gasteiger partial charge is 0.307 e. The summed E-state index contributed by atoms with van der Waals surface area (Å²) in [6.07, 6.45) is 2.33. The predicted octanol–water partition coefficient (Wildman–Crippen LogP) is 8.92. The first-order valence-corrected chi connectivity index (χ1v) is 17.5. The lowest BCUT2D eigenvalue weighted by Gasteiger charge is -2.33. The van der Waals surface area contributed by atoms with Crippen molar-refractivity contribution in [3.63, 3.8) is 0 Å². The summed E-state index contributed by atoms with van der Waals surface area (Å²) in [6.45, 7) is 4.66. The fourth-order valence-corrected chi connectivity index (χ4v) is 10.5. The molecule has 0 fully saturated rings. The van der Waals surface area contributed by atoms with E-state index in [0.29, 0.717) is 0 Å². The van der Waals surface area contributed by atoms with E-state index in [2.05, 4.69) is 177 Å². The standard InChI is InChI=1S/C45H29N5/c1-26-40(32-17-9-13-28-12-3-4-14-29(28)32)27(2)50-45-41-37(47-35-19-7-5-15-30(35)33-23-24-39(49(26)50)42(45)43(33)47)21-10-22-38(41)48-36-20-8-6-16-31(36)34-18-11-25-46(45)44(34)48/h3-25H,1-2H3/q+2. The first kappa shape index (κ1) is 25.5. The molecule has 0 N–H and O–H groups in total. The van der Waals surface area contributed by atoms with E-state index in [9.17, 15) is 0 Å². The maximum Gasteiger partial charge on any atom is 0.394 e. The third-order valence-corrected chi connectivity index (χ3v) is 12.1. The minimum absolute atomic E-state index is 0.674. The van der Waals surface area contributed by atoms with E-state index in [4.69, 9.17) is 0 Å². The van der Waals surface area contributed by atoms with Crippen molar-refractivity contribution < 1.29 is 9.25 Å². The van der Waals surface area contributed by atoms with Crippen molar-refractivity contribution in [2.75, 3.05) is 0 Å². The Morgan fingerprint density at radius 1 is 0.520 bits per heavy atom. The highest BCUT2D eigenvalue weighted by Gasteiger charge is 2.69. The normalized spacial score (nSPS) is 16.3. The molecule has 0 bridgehead atoms. The number of hydrogen-bond acceptors (Lipinski definition) is 0. The number of nitrogens with zero attached hydrogens (tertiary/aromatic N) is 5. The van der Waals surface area contributed by atoms with Gasteiger partial charge in [-0.25, -0.2) is 0 Å². The minimum Gasteiger partial charge on any atom is -0.307 e. The maximum absolute atomic E-state index is 2.65. The zero-order valence-corrected chi connectivity index (χ0v) is 27.5. The van der Waals surface area contributed by atoms with E-state index in [1.807, 2.05) is 0 Å². The predicted molar refractivity (Wildman–Crippen MR) is 199 cm³/mol. The summed E-state index contributed by atoms with van der Waals surface area (Å²) in [5, 5.41) is 7.67. The van der Waals surface area contributed by atoms with Gasteiger partial charge in [0.1, 0.15) is 22.3 Å². The van der Waals surface area contributed by atoms with Crippen molar-refractivity contribution in [1.29, 1.82) is 0 Å². The molecule has 13 rings (SSSR count). The maximum atomic E-state index is 2.65. The van der Waals surface area contributed by atoms with Gasteiger partial charge in [0.2, 0.25) is 5.69 Å². The minimum atomic E-state index is -0.674. The third-order valence-electron chi connectivity index (χ3n) is 12.1. The van der Waals surface area contributed by atoms with Crippen LogP contribution in [0.25, 0.3) is 82.7 Å². The summed E-state index contributed by atoms with van der Waals surface area (Å²) in [7, 11) is 0. The van der Waals surface area contributed by atoms with Crippen LogP contribution in [0, 0.1) is 13.8 Å². The highest BCUT2D eigenvalue weighted by Crippen LogP contribution is 2.54. The van der Waals surface area contributed by atoms with E-state index < -0.39 is 5.66 Å². The largest absolute Gasteiger partial charge is 0.394 e. The fraction of sp³-hybridized carbons (Fsp3) is 0.0667. The van der Waals surface area contributed by atoms with Crippen molar-refractivity contribution in [3.05, 3.63) is 162 Å². The molecule has 50 heavy (non-hydrogen) atoms. The van der Waals surface area contributed by atoms with Gasteiger partial charge >= 0.3 is 11.3 Å². The van der Waals surface area contributed by atoms with Gasteiger partial charge in [-0.05, 0) is 77.9 Å². The molecule has 6 aromatic carbocycles. The second-order valence-electron chi connectivity index (χ2n) is 14.2. The van der Waals surface area contributed by atoms with Crippen molar-refractivity contribution in [3.8, 4) is 28.2 Å². The summed E-state index contributed by atoms with van der Waals surface area (Å²) >= 11 is 0. The van der Waals surface area contributed by atoms with E-state index >= 15 is 0 Å². The molecule has 1 unspecified atom stereocenters. The summed E-state index contributed by atoms with van der Waals surface area (Å²) in [5.74, 6) is 0. The molecule has 5 heteroatoms. The zero-order chi connectivity index (χ0) is 32.6. The van der Waals surface area contributed by atoms with Crippen LogP contribution in [0.2, 0.25) is 0 Å². The number of aromatic nitrogens is 5. The molecule has 0 saturated heterocycles. The molecule has 3 aliphatic rings. The number of fused-ring (bicyclic) bond motifs is 11. The van der Waals surface area contributed by atoms with Crippen LogP contribution in [0.5, 0.6) is 0 Å². The molecule has 3 aliphatic heterocycles. The SMILES string of the molecule is Cc1c(-c2cccc3ccccc23)c(C)[n+]2n1-c1ccc3c4ccccc4n4c3c1C21c2c-4cccc2-n2c3ccccc3c3ccc[n+]1c32. The summed E-state index contributed by atoms with van der Waals surface area (Å²) in [6, 6.07) is 49.6. The van der Waals surface area contributed by atoms with Gasteiger partial charge in [0.05, 0.1) is 39.6 Å². The number of para-hydroxylation sites is 2. The molecule has 0 aliphatic carbocycles. The highest BCUT2D eigenvalue weighted by atomic mass is 15.5. The Balaban J connectivity index is 1.33. The Labute approximate surface area is 286 Å². The van der Waals surface area contributed by atoms with Crippen LogP contribution in [-0.2, 0) is 5.66 Å². The van der Waals surface area contributed by atoms with Gasteiger partial charge in [0.25, 0.3) is 0 Å². The van der Waals surface area contributed by atoms with Gasteiger partial charge in [-0.3, -0.25) is 0 Å². The molecule has 7 heterocycles. The lowest BCUT2D eigenvalue weighted by atomic mass is 9.82. The number of hydrogen-bond donors (Lipinski definition) is 0. The van der Waals surface area contributed by atoms with Crippen molar-refractivity contribution in [2.24, 2.45) is 0 Å². The molecule has 10 aromatic rings. The fourth-order valence-electron chi connectivity index (χ4n) is 10.5. The van der Waals surface area contributed by atoms with Crippen LogP contribution in [0.15, 0.2) is 140 Å². The van der Waals surface area contributed by atoms with Crippen LogP contribution in [0.4, 0.5) is 0 Å². The monoisotopic (exact) mass is 639 g/mol. The molecule has 0 amide bonds. The molecule has 5 nitrogen and oxygen atoms in total. The van der Waals surface area contributed by atoms with Crippen molar-refractivity contribution in [1.82, 2.24) is 13.8 Å². The zero-order valence-electron chi connectivity index (χ0n) is 27.5. The summed E-state index contributed by atoms with van der Waals surface area (Å²) < 4.78 is 12.9. The van der Waals surface area contributed by atoms with Crippen LogP contribution in [-0.4, -0.2) is 13.8 Å². The first-order valence-electron chi connectivity index (χ1n) is 17.5. The Morgan fingerprint density at radius 2 is 1.18 bits per heavy atom. The van der Waals surface area contributed by atoms with Gasteiger partial charge in [-0.2, -0.15) is 9.13 Å². The molecule has 0 radical (unpaired) electrons. The van der Waals surface area contributed by atoms with Gasteiger partial charge in [-0.15, -0.1) is 4.68 Å². The van der Waals surface area contributed by atoms with Gasteiger partial charge in [0, 0.05) is 23.1 Å². The van der Waals surface area contributed by atoms with E-state index in [1.54, 1.807) is 0 Å². The van der Waals surface area contributed by atoms with Gasteiger partial charge < -0.3 is 4.57 Å². The Morgan fingerprint density at radius 3 is 2.02 bits per heavy atom. The molecule has 4 aromatic heterocycles. The Hall–Kier alpha value is -6.46. The highest BCUT2D eigenvalue weighted by molar-refractivity contribution is 6.13. The Bertz CT molecular complexity index is 3220. The average Bonchev–Trinajstić information content (AvgIpc) is 3.85. The van der Waals surface area contributed by atoms with Crippen LogP contribution in [0.3, 0.4) is 0 Å². The summed E-state index contributed by atoms with van der Waals surface area (Å²) in [4.78, 5) is 0. The topological polar surface area (TPSA) is 22.5 Å². The average molecular weight is 640 g/mol. The molecule has 1 atom stereocenters. The van der Waals surface area contributed by atoms with Gasteiger partial charge in [0.15, 0.2) is 5.69 Å². The second kappa shape index (κ2) is 8.21. The first-order chi connectivity index (χ1) is 24.7. The van der Waals surface area contributed by atoms with Crippen molar-refractivity contribution in [2.45, 2.75) is 19.5 Å². The van der Waals surface area contributed by atoms with E-state index in [-0.39, 0.29) is 0 Å². The molecular formula is C45H29N5+2. The van der Waals surface area contributed by atoms with Crippen molar-refractivity contribution >= 4 is 54.5 Å². The van der Waals surface area contributed by atoms with E-state index in [0.717, 1.165) is 0 Å². The molecule has 0 saturated carbocycles.